The zero-order valence-electron chi connectivity index (χ0n) is 21.1. The Morgan fingerprint density at radius 1 is 1.20 bits per heavy atom. The Balaban J connectivity index is 1.63. The number of methoxy groups -OCH3 is 2. The van der Waals surface area contributed by atoms with Crippen LogP contribution in [0.15, 0.2) is 12.2 Å². The fourth-order valence-electron chi connectivity index (χ4n) is 11.0. The average Bonchev–Trinajstić information content (AvgIpc) is 3.36. The number of hydrogen-bond donors (Lipinski definition) is 2. The highest BCUT2D eigenvalue weighted by molar-refractivity contribution is 5.67. The zero-order valence-corrected chi connectivity index (χ0v) is 21.1. The van der Waals surface area contributed by atoms with Gasteiger partial charge in [-0.2, -0.15) is 0 Å². The van der Waals surface area contributed by atoms with E-state index >= 15 is 0 Å². The van der Waals surface area contributed by atoms with Crippen LogP contribution < -0.4 is 0 Å². The van der Waals surface area contributed by atoms with Crippen LogP contribution in [-0.4, -0.2) is 102 Å². The van der Waals surface area contributed by atoms with Crippen LogP contribution in [0.5, 0.6) is 0 Å². The lowest BCUT2D eigenvalue weighted by Crippen LogP contribution is -2.85. The second kappa shape index (κ2) is 6.67. The number of aliphatic hydroxyl groups excluding tert-OH is 1. The molecule has 13 atom stereocenters. The average molecular weight is 492 g/mol. The van der Waals surface area contributed by atoms with Crippen molar-refractivity contribution in [1.29, 1.82) is 0 Å². The lowest BCUT2D eigenvalue weighted by atomic mass is 9.42. The first-order valence-corrected chi connectivity index (χ1v) is 13.0. The molecule has 9 nitrogen and oxygen atoms in total. The number of aliphatic hydroxyl groups is 2. The summed E-state index contributed by atoms with van der Waals surface area (Å²) in [4.78, 5) is 15.1. The van der Waals surface area contributed by atoms with Crippen LogP contribution in [0.25, 0.3) is 0 Å². The van der Waals surface area contributed by atoms with Gasteiger partial charge in [-0.25, -0.2) is 0 Å². The molecule has 0 radical (unpaired) electrons. The topological polar surface area (TPSA) is 107 Å². The number of likely N-dealkylation sites (N-methyl/N-ethyl adjacent to an activating group) is 1. The van der Waals surface area contributed by atoms with E-state index in [4.69, 9.17) is 23.7 Å². The number of carbonyl (C=O) groups is 1. The van der Waals surface area contributed by atoms with Gasteiger partial charge in [0, 0.05) is 57.3 Å². The maximum atomic E-state index is 13.2. The number of nitrogens with zero attached hydrogens (tertiary/aromatic N) is 1. The number of carbonyl (C=O) groups excluding carboxylic acids is 1. The van der Waals surface area contributed by atoms with E-state index < -0.39 is 58.0 Å². The van der Waals surface area contributed by atoms with Crippen LogP contribution in [0.1, 0.15) is 33.6 Å². The minimum absolute atomic E-state index is 0.0107. The van der Waals surface area contributed by atoms with Crippen molar-refractivity contribution >= 4 is 5.97 Å². The molecule has 7 rings (SSSR count). The number of fused-ring (bicyclic) bond motifs is 1. The van der Waals surface area contributed by atoms with Gasteiger partial charge in [-0.05, 0) is 13.0 Å². The van der Waals surface area contributed by atoms with E-state index in [0.717, 1.165) is 13.1 Å². The van der Waals surface area contributed by atoms with Crippen LogP contribution in [-0.2, 0) is 28.5 Å². The summed E-state index contributed by atoms with van der Waals surface area (Å²) in [5.74, 6) is -1.33. The maximum Gasteiger partial charge on any atom is 0.303 e. The number of likely N-dealkylation sites (tertiary alicyclic amines) is 1. The molecule has 7 aliphatic rings. The monoisotopic (exact) mass is 491 g/mol. The third-order valence-corrected chi connectivity index (χ3v) is 11.4. The largest absolute Gasteiger partial charge is 0.459 e. The molecule has 5 aliphatic carbocycles. The van der Waals surface area contributed by atoms with E-state index in [-0.39, 0.29) is 30.6 Å². The van der Waals surface area contributed by atoms with Crippen LogP contribution in [0.3, 0.4) is 0 Å². The van der Waals surface area contributed by atoms with Crippen LogP contribution >= 0.6 is 0 Å². The van der Waals surface area contributed by atoms with Crippen molar-refractivity contribution in [1.82, 2.24) is 4.90 Å². The van der Waals surface area contributed by atoms with E-state index in [2.05, 4.69) is 30.9 Å². The van der Waals surface area contributed by atoms with Gasteiger partial charge in [0.05, 0.1) is 35.4 Å². The molecule has 2 aliphatic heterocycles. The second-order valence-corrected chi connectivity index (χ2v) is 12.3. The first-order valence-electron chi connectivity index (χ1n) is 13.0. The summed E-state index contributed by atoms with van der Waals surface area (Å²) in [6.45, 7) is 7.24. The molecule has 0 amide bonds. The number of ether oxygens (including phenoxy) is 5. The highest BCUT2D eigenvalue weighted by Gasteiger charge is 2.97. The highest BCUT2D eigenvalue weighted by atomic mass is 16.7. The predicted molar refractivity (Wildman–Crippen MR) is 121 cm³/mol. The molecular weight excluding hydrogens is 454 g/mol. The fourth-order valence-corrected chi connectivity index (χ4v) is 11.0. The summed E-state index contributed by atoms with van der Waals surface area (Å²) in [6.07, 6.45) is 2.72. The smallest absolute Gasteiger partial charge is 0.303 e. The van der Waals surface area contributed by atoms with Crippen LogP contribution in [0.4, 0.5) is 0 Å². The lowest BCUT2D eigenvalue weighted by molar-refractivity contribution is -0.317. The zero-order chi connectivity index (χ0) is 24.8. The normalized spacial score (nSPS) is 61.1. The van der Waals surface area contributed by atoms with Crippen molar-refractivity contribution in [3.63, 3.8) is 0 Å². The molecule has 13 unspecified atom stereocenters. The van der Waals surface area contributed by atoms with Crippen molar-refractivity contribution in [3.05, 3.63) is 12.2 Å². The first kappa shape index (κ1) is 23.1. The third kappa shape index (κ3) is 2.05. The molecule has 0 aromatic rings. The maximum absolute atomic E-state index is 13.2. The van der Waals surface area contributed by atoms with Gasteiger partial charge < -0.3 is 33.9 Å². The molecule has 9 heteroatoms. The molecule has 2 saturated heterocycles. The van der Waals surface area contributed by atoms with E-state index in [1.807, 2.05) is 0 Å². The van der Waals surface area contributed by atoms with Gasteiger partial charge in [0.1, 0.15) is 18.5 Å². The molecular formula is C26H37NO8. The van der Waals surface area contributed by atoms with Gasteiger partial charge in [0.15, 0.2) is 5.60 Å². The Labute approximate surface area is 205 Å². The number of esters is 1. The quantitative estimate of drug-likeness (QED) is 0.429. The molecule has 194 valence electrons. The third-order valence-electron chi connectivity index (χ3n) is 11.4. The molecule has 0 aromatic heterocycles. The Morgan fingerprint density at radius 2 is 1.97 bits per heavy atom. The van der Waals surface area contributed by atoms with Gasteiger partial charge in [-0.15, -0.1) is 0 Å². The van der Waals surface area contributed by atoms with Gasteiger partial charge in [-0.1, -0.05) is 26.0 Å². The molecule has 0 aromatic carbocycles. The lowest BCUT2D eigenvalue weighted by Gasteiger charge is -2.70. The molecule has 2 N–H and O–H groups in total. The molecule has 7 bridgehead atoms. The Bertz CT molecular complexity index is 1010. The SMILES string of the molecule is CCN1CC2(C)C=CC(OC)C34C2C(OC(C)=O)C2(OCOC25CC(O)C2CC3(O)C5C2OC)C14. The van der Waals surface area contributed by atoms with Gasteiger partial charge in [0.2, 0.25) is 0 Å². The van der Waals surface area contributed by atoms with Gasteiger partial charge >= 0.3 is 5.97 Å². The number of rotatable bonds is 4. The summed E-state index contributed by atoms with van der Waals surface area (Å²) in [5, 5.41) is 24.7. The van der Waals surface area contributed by atoms with E-state index in [0.29, 0.717) is 12.8 Å². The van der Waals surface area contributed by atoms with E-state index in [1.54, 1.807) is 14.2 Å². The first-order chi connectivity index (χ1) is 16.6. The molecule has 4 saturated carbocycles. The minimum atomic E-state index is -1.29. The Kier molecular flexibility index (Phi) is 4.40. The summed E-state index contributed by atoms with van der Waals surface area (Å²) in [5.41, 5.74) is -4.69. The van der Waals surface area contributed by atoms with Gasteiger partial charge in [0.25, 0.3) is 0 Å². The van der Waals surface area contributed by atoms with Crippen molar-refractivity contribution in [2.24, 2.45) is 28.6 Å². The Morgan fingerprint density at radius 3 is 2.63 bits per heavy atom. The summed E-state index contributed by atoms with van der Waals surface area (Å²) < 4.78 is 31.9. The molecule has 35 heavy (non-hydrogen) atoms. The second-order valence-electron chi connectivity index (χ2n) is 12.3. The van der Waals surface area contributed by atoms with Crippen molar-refractivity contribution < 1.29 is 38.7 Å². The van der Waals surface area contributed by atoms with Crippen molar-refractivity contribution in [2.45, 2.75) is 80.9 Å². The molecule has 2 heterocycles. The number of hydrogen-bond acceptors (Lipinski definition) is 9. The molecule has 3 spiro atoms. The van der Waals surface area contributed by atoms with Gasteiger partial charge in [-0.3, -0.25) is 9.69 Å². The Hall–Kier alpha value is -1.07. The van der Waals surface area contributed by atoms with Crippen molar-refractivity contribution in [2.75, 3.05) is 34.1 Å². The number of piperidine rings is 1. The fraction of sp³-hybridized carbons (Fsp3) is 0.885. The summed E-state index contributed by atoms with van der Waals surface area (Å²) in [7, 11) is 3.33. The summed E-state index contributed by atoms with van der Waals surface area (Å²) in [6, 6.07) is -0.331. The van der Waals surface area contributed by atoms with Crippen LogP contribution in [0, 0.1) is 28.6 Å². The van der Waals surface area contributed by atoms with Crippen molar-refractivity contribution in [3.8, 4) is 0 Å². The standard InChI is InChI=1S/C26H37NO8/c1-6-27-11-22(3)8-7-16(31-4)25-19(22)20(35-13(2)28)26(21(25)27)24(33-12-34-26)10-15(29)14-9-23(25,30)18(24)17(14)32-5/h7-8,14-21,29-30H,6,9-12H2,1-5H3. The highest BCUT2D eigenvalue weighted by Crippen LogP contribution is 2.83. The van der Waals surface area contributed by atoms with Crippen LogP contribution in [0.2, 0.25) is 0 Å². The summed E-state index contributed by atoms with van der Waals surface area (Å²) >= 11 is 0. The van der Waals surface area contributed by atoms with E-state index in [9.17, 15) is 15.0 Å². The van der Waals surface area contributed by atoms with E-state index in [1.165, 1.54) is 6.92 Å². The predicted octanol–water partition coefficient (Wildman–Crippen LogP) is 0.472. The minimum Gasteiger partial charge on any atom is -0.459 e. The molecule has 6 fully saturated rings.